The Balaban J connectivity index is 2.26. The lowest BCUT2D eigenvalue weighted by Crippen LogP contribution is -2.05. The van der Waals surface area contributed by atoms with Crippen LogP contribution in [-0.2, 0) is 6.61 Å². The Hall–Kier alpha value is -2.20. The van der Waals surface area contributed by atoms with Crippen molar-refractivity contribution in [3.8, 4) is 17.2 Å². The number of phenolic OH excluding ortho intramolecular Hbond substituents is 2. The minimum atomic E-state index is -0.328. The van der Waals surface area contributed by atoms with Crippen LogP contribution >= 0.6 is 11.6 Å². The van der Waals surface area contributed by atoms with Crippen molar-refractivity contribution in [3.63, 3.8) is 0 Å². The summed E-state index contributed by atoms with van der Waals surface area (Å²) in [6.45, 7) is 0.227. The van der Waals surface area contributed by atoms with Gasteiger partial charge in [-0.05, 0) is 5.56 Å². The molecule has 2 N–H and O–H groups in total. The van der Waals surface area contributed by atoms with Gasteiger partial charge in [0.15, 0.2) is 5.78 Å². The van der Waals surface area contributed by atoms with Crippen LogP contribution in [-0.4, -0.2) is 21.9 Å². The van der Waals surface area contributed by atoms with Crippen molar-refractivity contribution in [1.82, 2.24) is 0 Å². The van der Waals surface area contributed by atoms with Gasteiger partial charge in [-0.3, -0.25) is 4.79 Å². The number of carbonyl (C=O) groups excluding carboxylic acids is 1. The lowest BCUT2D eigenvalue weighted by Gasteiger charge is -2.12. The van der Waals surface area contributed by atoms with E-state index in [1.807, 2.05) is 30.3 Å². The molecular weight excluding hydrogens is 292 g/mol. The van der Waals surface area contributed by atoms with Gasteiger partial charge in [0.1, 0.15) is 29.4 Å². The van der Waals surface area contributed by atoms with Crippen molar-refractivity contribution in [2.45, 2.75) is 13.0 Å². The molecule has 0 radical (unpaired) electrons. The third kappa shape index (κ3) is 3.89. The van der Waals surface area contributed by atoms with E-state index in [1.54, 1.807) is 0 Å². The van der Waals surface area contributed by atoms with Gasteiger partial charge in [0.25, 0.3) is 0 Å². The zero-order valence-electron chi connectivity index (χ0n) is 11.3. The normalized spacial score (nSPS) is 10.3. The monoisotopic (exact) mass is 306 g/mol. The zero-order chi connectivity index (χ0) is 15.2. The average Bonchev–Trinajstić information content (AvgIpc) is 2.45. The second-order valence-corrected chi connectivity index (χ2v) is 4.85. The van der Waals surface area contributed by atoms with Crippen LogP contribution < -0.4 is 4.74 Å². The molecule has 0 aromatic heterocycles. The third-order valence-corrected chi connectivity index (χ3v) is 3.09. The van der Waals surface area contributed by atoms with Crippen molar-refractivity contribution in [1.29, 1.82) is 0 Å². The Morgan fingerprint density at radius 1 is 1.14 bits per heavy atom. The minimum absolute atomic E-state index is 0.0457. The van der Waals surface area contributed by atoms with Gasteiger partial charge in [0.05, 0.1) is 0 Å². The number of halogens is 1. The Morgan fingerprint density at radius 3 is 2.52 bits per heavy atom. The van der Waals surface area contributed by atoms with Crippen LogP contribution in [0.25, 0.3) is 0 Å². The predicted molar refractivity (Wildman–Crippen MR) is 80.2 cm³/mol. The second-order valence-electron chi connectivity index (χ2n) is 4.47. The summed E-state index contributed by atoms with van der Waals surface area (Å²) in [6.07, 6.45) is 0.0849. The average molecular weight is 307 g/mol. The summed E-state index contributed by atoms with van der Waals surface area (Å²) in [6, 6.07) is 11.8. The van der Waals surface area contributed by atoms with E-state index >= 15 is 0 Å². The van der Waals surface area contributed by atoms with Crippen LogP contribution in [0.1, 0.15) is 22.3 Å². The lowest BCUT2D eigenvalue weighted by molar-refractivity contribution is 0.0982. The first-order valence-electron chi connectivity index (χ1n) is 6.43. The molecule has 4 nitrogen and oxygen atoms in total. The molecule has 110 valence electrons. The van der Waals surface area contributed by atoms with Crippen molar-refractivity contribution in [2.24, 2.45) is 0 Å². The smallest absolute Gasteiger partial charge is 0.171 e. The van der Waals surface area contributed by atoms with Crippen molar-refractivity contribution < 1.29 is 19.7 Å². The van der Waals surface area contributed by atoms with Crippen LogP contribution in [0.3, 0.4) is 0 Å². The van der Waals surface area contributed by atoms with Gasteiger partial charge < -0.3 is 14.9 Å². The molecule has 0 spiro atoms. The molecule has 0 aliphatic carbocycles. The largest absolute Gasteiger partial charge is 0.508 e. The van der Waals surface area contributed by atoms with Crippen LogP contribution in [0.2, 0.25) is 0 Å². The molecule has 0 amide bonds. The van der Waals surface area contributed by atoms with Crippen LogP contribution in [0.4, 0.5) is 0 Å². The highest BCUT2D eigenvalue weighted by molar-refractivity contribution is 6.20. The number of ether oxygens (including phenoxy) is 1. The quantitative estimate of drug-likeness (QED) is 0.633. The third-order valence-electron chi connectivity index (χ3n) is 2.90. The van der Waals surface area contributed by atoms with Gasteiger partial charge in [0.2, 0.25) is 0 Å². The van der Waals surface area contributed by atoms with Crippen LogP contribution in [0, 0.1) is 0 Å². The molecule has 0 aliphatic rings. The Labute approximate surface area is 127 Å². The van der Waals surface area contributed by atoms with Gasteiger partial charge in [-0.2, -0.15) is 0 Å². The van der Waals surface area contributed by atoms with E-state index in [0.717, 1.165) is 11.6 Å². The Morgan fingerprint density at radius 2 is 1.86 bits per heavy atom. The van der Waals surface area contributed by atoms with Gasteiger partial charge >= 0.3 is 0 Å². The standard InChI is InChI=1S/C16H15ClO4/c17-7-6-13(19)16-14(20)8-12(18)9-15(16)21-10-11-4-2-1-3-5-11/h1-5,8-9,18,20H,6-7,10H2. The van der Waals surface area contributed by atoms with Crippen molar-refractivity contribution in [3.05, 3.63) is 53.6 Å². The highest BCUT2D eigenvalue weighted by Crippen LogP contribution is 2.34. The number of carbonyl (C=O) groups is 1. The summed E-state index contributed by atoms with van der Waals surface area (Å²) < 4.78 is 5.57. The number of hydrogen-bond acceptors (Lipinski definition) is 4. The number of hydrogen-bond donors (Lipinski definition) is 2. The minimum Gasteiger partial charge on any atom is -0.508 e. The molecule has 0 heterocycles. The van der Waals surface area contributed by atoms with Gasteiger partial charge in [-0.15, -0.1) is 11.6 Å². The number of benzene rings is 2. The Kier molecular flexibility index (Phi) is 5.06. The molecule has 0 saturated carbocycles. The molecule has 0 bridgehead atoms. The molecule has 5 heteroatoms. The molecular formula is C16H15ClO4. The summed E-state index contributed by atoms with van der Waals surface area (Å²) in [5.41, 5.74) is 0.959. The van der Waals surface area contributed by atoms with E-state index in [-0.39, 0.29) is 47.5 Å². The number of phenols is 2. The summed E-state index contributed by atoms with van der Waals surface area (Å²) in [5.74, 6) is -0.514. The van der Waals surface area contributed by atoms with E-state index < -0.39 is 0 Å². The highest BCUT2D eigenvalue weighted by Gasteiger charge is 2.18. The first-order chi connectivity index (χ1) is 10.1. The fourth-order valence-electron chi connectivity index (χ4n) is 1.93. The first kappa shape index (κ1) is 15.2. The summed E-state index contributed by atoms with van der Waals surface area (Å²) in [5, 5.41) is 19.4. The molecule has 0 saturated heterocycles. The second kappa shape index (κ2) is 6.99. The molecule has 0 fully saturated rings. The Bertz CT molecular complexity index is 626. The maximum atomic E-state index is 12.0. The number of aromatic hydroxyl groups is 2. The molecule has 0 atom stereocenters. The van der Waals surface area contributed by atoms with E-state index in [0.29, 0.717) is 0 Å². The van der Waals surface area contributed by atoms with Gasteiger partial charge in [-0.1, -0.05) is 30.3 Å². The molecule has 2 aromatic carbocycles. The molecule has 0 aliphatic heterocycles. The van der Waals surface area contributed by atoms with E-state index in [9.17, 15) is 15.0 Å². The van der Waals surface area contributed by atoms with Gasteiger partial charge in [0, 0.05) is 24.4 Å². The van der Waals surface area contributed by atoms with Crippen molar-refractivity contribution >= 4 is 17.4 Å². The topological polar surface area (TPSA) is 66.8 Å². The fraction of sp³-hybridized carbons (Fsp3) is 0.188. The summed E-state index contributed by atoms with van der Waals surface area (Å²) in [4.78, 5) is 12.0. The summed E-state index contributed by atoms with van der Waals surface area (Å²) in [7, 11) is 0. The number of rotatable bonds is 6. The summed E-state index contributed by atoms with van der Waals surface area (Å²) >= 11 is 5.56. The highest BCUT2D eigenvalue weighted by atomic mass is 35.5. The SMILES string of the molecule is O=C(CCCl)c1c(O)cc(O)cc1OCc1ccccc1. The number of alkyl halides is 1. The molecule has 21 heavy (non-hydrogen) atoms. The molecule has 2 aromatic rings. The zero-order valence-corrected chi connectivity index (χ0v) is 12.0. The maximum absolute atomic E-state index is 12.0. The van der Waals surface area contributed by atoms with E-state index in [2.05, 4.69) is 0 Å². The van der Waals surface area contributed by atoms with E-state index in [1.165, 1.54) is 6.07 Å². The van der Waals surface area contributed by atoms with Crippen molar-refractivity contribution in [2.75, 3.05) is 5.88 Å². The maximum Gasteiger partial charge on any atom is 0.171 e. The lowest BCUT2D eigenvalue weighted by atomic mass is 10.1. The first-order valence-corrected chi connectivity index (χ1v) is 6.97. The van der Waals surface area contributed by atoms with Crippen LogP contribution in [0.5, 0.6) is 17.2 Å². The predicted octanol–water partition coefficient (Wildman–Crippen LogP) is 3.49. The molecule has 0 unspecified atom stereocenters. The number of ketones is 1. The van der Waals surface area contributed by atoms with Gasteiger partial charge in [-0.25, -0.2) is 0 Å². The number of Topliss-reactive ketones (excluding diaryl/α,β-unsaturated/α-hetero) is 1. The molecule has 2 rings (SSSR count). The van der Waals surface area contributed by atoms with Crippen LogP contribution in [0.15, 0.2) is 42.5 Å². The fourth-order valence-corrected chi connectivity index (χ4v) is 2.10. The van der Waals surface area contributed by atoms with E-state index in [4.69, 9.17) is 16.3 Å².